The SMILES string of the molecule is CN1CCN(c2ccc(N=Cc3c(O)[nH]c4cc(C(=O)c5cccc(NC(=O)c6cnccn6)c5)ccc34)cc2)CC1. The molecule has 10 heteroatoms. The van der Waals surface area contributed by atoms with Crippen molar-refractivity contribution in [2.45, 2.75) is 0 Å². The van der Waals surface area contributed by atoms with E-state index in [2.05, 4.69) is 54.2 Å². The average molecular weight is 560 g/mol. The number of carbonyl (C=O) groups is 2. The first-order chi connectivity index (χ1) is 20.4. The average Bonchev–Trinajstić information content (AvgIpc) is 3.34. The fourth-order valence-corrected chi connectivity index (χ4v) is 4.95. The maximum Gasteiger partial charge on any atom is 0.275 e. The molecule has 0 atom stereocenters. The zero-order valence-electron chi connectivity index (χ0n) is 23.0. The summed E-state index contributed by atoms with van der Waals surface area (Å²) in [6.45, 7) is 4.09. The van der Waals surface area contributed by atoms with E-state index in [0.717, 1.165) is 37.3 Å². The number of piperazine rings is 1. The van der Waals surface area contributed by atoms with Gasteiger partial charge >= 0.3 is 0 Å². The number of fused-ring (bicyclic) bond motifs is 1. The molecule has 1 fully saturated rings. The largest absolute Gasteiger partial charge is 0.494 e. The first-order valence-electron chi connectivity index (χ1n) is 13.6. The predicted octanol–water partition coefficient (Wildman–Crippen LogP) is 4.65. The van der Waals surface area contributed by atoms with Gasteiger partial charge in [0, 0.05) is 78.2 Å². The minimum Gasteiger partial charge on any atom is -0.494 e. The van der Waals surface area contributed by atoms with Crippen LogP contribution in [-0.4, -0.2) is 76.1 Å². The molecule has 3 aromatic carbocycles. The topological polar surface area (TPSA) is 127 Å². The molecule has 6 rings (SSSR count). The molecule has 1 aliphatic heterocycles. The van der Waals surface area contributed by atoms with Crippen LogP contribution in [0.2, 0.25) is 0 Å². The van der Waals surface area contributed by atoms with Crippen molar-refractivity contribution < 1.29 is 14.7 Å². The summed E-state index contributed by atoms with van der Waals surface area (Å²) in [7, 11) is 2.14. The van der Waals surface area contributed by atoms with E-state index in [9.17, 15) is 14.7 Å². The van der Waals surface area contributed by atoms with Crippen LogP contribution in [0.4, 0.5) is 17.1 Å². The number of benzene rings is 3. The molecule has 210 valence electrons. The summed E-state index contributed by atoms with van der Waals surface area (Å²) >= 11 is 0. The number of amides is 1. The van der Waals surface area contributed by atoms with Gasteiger partial charge in [0.15, 0.2) is 11.7 Å². The number of nitrogens with one attached hydrogen (secondary N) is 2. The first-order valence-corrected chi connectivity index (χ1v) is 13.6. The van der Waals surface area contributed by atoms with Crippen LogP contribution in [0.25, 0.3) is 10.9 Å². The standard InChI is InChI=1S/C32H29N7O3/c1-38-13-15-39(16-14-38)25-8-6-23(7-9-25)35-19-27-26-10-5-22(18-28(26)37-31(27)41)30(40)21-3-2-4-24(17-21)36-32(42)29-20-33-11-12-34-29/h2-12,17-20,37,41H,13-16H2,1H3,(H,36,42). The minimum absolute atomic E-state index is 0.0267. The van der Waals surface area contributed by atoms with Gasteiger partial charge in [0.1, 0.15) is 5.69 Å². The van der Waals surface area contributed by atoms with Gasteiger partial charge in [-0.05, 0) is 49.5 Å². The Kier molecular flexibility index (Phi) is 7.44. The first kappa shape index (κ1) is 26.9. The van der Waals surface area contributed by atoms with E-state index in [1.165, 1.54) is 24.3 Å². The van der Waals surface area contributed by atoms with Crippen molar-refractivity contribution in [3.63, 3.8) is 0 Å². The number of aromatic amines is 1. The molecule has 1 amide bonds. The molecule has 3 heterocycles. The summed E-state index contributed by atoms with van der Waals surface area (Å²) in [5.41, 5.74) is 4.58. The molecule has 0 aliphatic carbocycles. The van der Waals surface area contributed by atoms with Crippen molar-refractivity contribution in [2.75, 3.05) is 43.4 Å². The van der Waals surface area contributed by atoms with Crippen LogP contribution in [0.5, 0.6) is 5.88 Å². The van der Waals surface area contributed by atoms with Gasteiger partial charge in [-0.15, -0.1) is 0 Å². The molecular weight excluding hydrogens is 530 g/mol. The molecule has 0 saturated carbocycles. The third-order valence-corrected chi connectivity index (χ3v) is 7.32. The van der Waals surface area contributed by atoms with Gasteiger partial charge in [-0.3, -0.25) is 19.6 Å². The number of rotatable bonds is 7. The second-order valence-corrected chi connectivity index (χ2v) is 10.2. The summed E-state index contributed by atoms with van der Waals surface area (Å²) in [5, 5.41) is 14.1. The number of aromatic nitrogens is 3. The van der Waals surface area contributed by atoms with Gasteiger partial charge in [0.25, 0.3) is 5.91 Å². The lowest BCUT2D eigenvalue weighted by Gasteiger charge is -2.34. The Morgan fingerprint density at radius 1 is 0.976 bits per heavy atom. The van der Waals surface area contributed by atoms with Crippen LogP contribution < -0.4 is 10.2 Å². The number of aromatic hydroxyl groups is 1. The number of hydrogen-bond donors (Lipinski definition) is 3. The number of nitrogens with zero attached hydrogens (tertiary/aromatic N) is 5. The Morgan fingerprint density at radius 2 is 1.76 bits per heavy atom. The number of likely N-dealkylation sites (N-methyl/N-ethyl adjacent to an activating group) is 1. The summed E-state index contributed by atoms with van der Waals surface area (Å²) in [5.74, 6) is -0.672. The Hall–Kier alpha value is -5.35. The molecule has 1 saturated heterocycles. The van der Waals surface area contributed by atoms with Crippen LogP contribution in [-0.2, 0) is 0 Å². The molecule has 3 N–H and O–H groups in total. The summed E-state index contributed by atoms with van der Waals surface area (Å²) in [6, 6.07) is 20.0. The van der Waals surface area contributed by atoms with Gasteiger partial charge < -0.3 is 25.2 Å². The third-order valence-electron chi connectivity index (χ3n) is 7.32. The molecule has 42 heavy (non-hydrogen) atoms. The highest BCUT2D eigenvalue weighted by molar-refractivity contribution is 6.13. The van der Waals surface area contributed by atoms with Crippen molar-refractivity contribution in [1.29, 1.82) is 0 Å². The molecule has 5 aromatic rings. The van der Waals surface area contributed by atoms with Crippen molar-refractivity contribution in [2.24, 2.45) is 4.99 Å². The van der Waals surface area contributed by atoms with E-state index in [1.54, 1.807) is 48.7 Å². The fourth-order valence-electron chi connectivity index (χ4n) is 4.95. The summed E-state index contributed by atoms with van der Waals surface area (Å²) in [4.78, 5) is 45.9. The normalized spacial score (nSPS) is 14.0. The van der Waals surface area contributed by atoms with Crippen LogP contribution in [0, 0.1) is 0 Å². The lowest BCUT2D eigenvalue weighted by Crippen LogP contribution is -2.44. The number of carbonyl (C=O) groups excluding carboxylic acids is 2. The highest BCUT2D eigenvalue weighted by Gasteiger charge is 2.16. The molecule has 0 radical (unpaired) electrons. The zero-order valence-corrected chi connectivity index (χ0v) is 23.0. The second kappa shape index (κ2) is 11.6. The number of H-pyrrole nitrogens is 1. The van der Waals surface area contributed by atoms with E-state index in [0.29, 0.717) is 27.9 Å². The number of aliphatic imine (C=N–C) groups is 1. The fraction of sp³-hybridized carbons (Fsp3) is 0.156. The quantitative estimate of drug-likeness (QED) is 0.196. The van der Waals surface area contributed by atoms with Gasteiger partial charge in [0.2, 0.25) is 0 Å². The highest BCUT2D eigenvalue weighted by atomic mass is 16.3. The second-order valence-electron chi connectivity index (χ2n) is 10.2. The molecule has 0 spiro atoms. The van der Waals surface area contributed by atoms with Gasteiger partial charge in [-0.25, -0.2) is 4.98 Å². The predicted molar refractivity (Wildman–Crippen MR) is 163 cm³/mol. The third kappa shape index (κ3) is 5.74. The Labute approximate surface area is 242 Å². The number of ketones is 1. The number of hydrogen-bond acceptors (Lipinski definition) is 8. The minimum atomic E-state index is -0.420. The summed E-state index contributed by atoms with van der Waals surface area (Å²) in [6.07, 6.45) is 5.92. The highest BCUT2D eigenvalue weighted by Crippen LogP contribution is 2.29. The van der Waals surface area contributed by atoms with E-state index in [-0.39, 0.29) is 17.4 Å². The maximum atomic E-state index is 13.3. The van der Waals surface area contributed by atoms with Gasteiger partial charge in [-0.2, -0.15) is 0 Å². The Bertz CT molecular complexity index is 1770. The lowest BCUT2D eigenvalue weighted by atomic mass is 10.0. The molecule has 0 unspecified atom stereocenters. The van der Waals surface area contributed by atoms with Crippen LogP contribution in [0.1, 0.15) is 32.0 Å². The van der Waals surface area contributed by atoms with Crippen molar-refractivity contribution >= 4 is 45.9 Å². The molecule has 10 nitrogen and oxygen atoms in total. The van der Waals surface area contributed by atoms with Crippen LogP contribution >= 0.6 is 0 Å². The molecule has 1 aliphatic rings. The monoisotopic (exact) mass is 559 g/mol. The van der Waals surface area contributed by atoms with E-state index in [1.807, 2.05) is 12.1 Å². The molecule has 0 bridgehead atoms. The number of anilines is 2. The van der Waals surface area contributed by atoms with Crippen molar-refractivity contribution in [3.8, 4) is 5.88 Å². The van der Waals surface area contributed by atoms with Gasteiger partial charge in [0.05, 0.1) is 17.4 Å². The van der Waals surface area contributed by atoms with Crippen LogP contribution in [0.15, 0.2) is 90.3 Å². The van der Waals surface area contributed by atoms with Crippen molar-refractivity contribution in [3.05, 3.63) is 108 Å². The molecule has 2 aromatic heterocycles. The summed E-state index contributed by atoms with van der Waals surface area (Å²) < 4.78 is 0. The van der Waals surface area contributed by atoms with E-state index < -0.39 is 5.91 Å². The van der Waals surface area contributed by atoms with E-state index >= 15 is 0 Å². The lowest BCUT2D eigenvalue weighted by molar-refractivity contribution is 0.101. The smallest absolute Gasteiger partial charge is 0.275 e. The Balaban J connectivity index is 1.17. The van der Waals surface area contributed by atoms with Crippen molar-refractivity contribution in [1.82, 2.24) is 19.9 Å². The van der Waals surface area contributed by atoms with E-state index in [4.69, 9.17) is 0 Å². The zero-order chi connectivity index (χ0) is 29.1. The van der Waals surface area contributed by atoms with Crippen LogP contribution in [0.3, 0.4) is 0 Å². The maximum absolute atomic E-state index is 13.3. The molecular formula is C32H29N7O3. The van der Waals surface area contributed by atoms with Gasteiger partial charge in [-0.1, -0.05) is 24.3 Å². The Morgan fingerprint density at radius 3 is 2.52 bits per heavy atom.